The number of ether oxygens (including phenoxy) is 12. The largest absolute Gasteiger partial charge is 0.445 e. The van der Waals surface area contributed by atoms with Crippen molar-refractivity contribution in [3.05, 3.63) is 35.9 Å². The molecule has 1 amide bonds. The molecule has 1 aromatic carbocycles. The third-order valence-corrected chi connectivity index (χ3v) is 6.13. The summed E-state index contributed by atoms with van der Waals surface area (Å²) in [5.41, 5.74) is 0.938. The number of likely N-dealkylation sites (N-methyl/N-ethyl adjacent to an activating group) is 1. The van der Waals surface area contributed by atoms with Crippen molar-refractivity contribution >= 4 is 6.09 Å². The van der Waals surface area contributed by atoms with Crippen LogP contribution in [-0.2, 0) is 63.4 Å². The fourth-order valence-corrected chi connectivity index (χ4v) is 3.55. The number of nitrogens with zero attached hydrogens (tertiary/aromatic N) is 1. The van der Waals surface area contributed by atoms with Gasteiger partial charge in [0.15, 0.2) is 0 Å². The Morgan fingerprint density at radius 1 is 0.469 bits per heavy atom. The third-order valence-electron chi connectivity index (χ3n) is 6.13. The van der Waals surface area contributed by atoms with Crippen molar-refractivity contribution in [2.75, 3.05) is 173 Å². The Morgan fingerprint density at radius 2 is 0.776 bits per heavy atom. The lowest BCUT2D eigenvalue weighted by atomic mass is 10.2. The highest BCUT2D eigenvalue weighted by Gasteiger charge is 2.02. The second-order valence-electron chi connectivity index (χ2n) is 10.5. The van der Waals surface area contributed by atoms with Gasteiger partial charge in [0.25, 0.3) is 0 Å². The molecule has 0 spiro atoms. The van der Waals surface area contributed by atoms with Crippen molar-refractivity contribution in [1.82, 2.24) is 10.2 Å². The SMILES string of the molecule is CN(C)CCOCCOCCOCCOCCOCCOCCOCCOCCOCCOCCOCCNC(=O)OCc1ccccc1. The molecule has 0 fully saturated rings. The number of rotatable bonds is 38. The molecule has 1 N–H and O–H groups in total. The number of hydrogen-bond acceptors (Lipinski definition) is 14. The van der Waals surface area contributed by atoms with Crippen molar-refractivity contribution < 1.29 is 61.6 Å². The van der Waals surface area contributed by atoms with Crippen LogP contribution in [-0.4, -0.2) is 184 Å². The summed E-state index contributed by atoms with van der Waals surface area (Å²) in [6.07, 6.45) is -0.469. The fraction of sp³-hybridized carbons (Fsp3) is 0.794. The molecule has 0 saturated carbocycles. The fourth-order valence-electron chi connectivity index (χ4n) is 3.55. The molecular weight excluding hydrogens is 644 g/mol. The Bertz CT molecular complexity index is 812. The van der Waals surface area contributed by atoms with E-state index >= 15 is 0 Å². The zero-order chi connectivity index (χ0) is 35.1. The Balaban J connectivity index is 1.63. The Hall–Kier alpha value is -1.99. The number of alkyl carbamates (subject to hydrolysis) is 1. The number of hydrogen-bond donors (Lipinski definition) is 1. The van der Waals surface area contributed by atoms with Crippen LogP contribution in [0.5, 0.6) is 0 Å². The van der Waals surface area contributed by atoms with Gasteiger partial charge in [0.2, 0.25) is 0 Å². The minimum Gasteiger partial charge on any atom is -0.445 e. The van der Waals surface area contributed by atoms with Gasteiger partial charge in [0.05, 0.1) is 145 Å². The summed E-state index contributed by atoms with van der Waals surface area (Å²) in [4.78, 5) is 13.7. The average molecular weight is 707 g/mol. The molecular formula is C34H62N2O13. The van der Waals surface area contributed by atoms with Crippen LogP contribution in [0.15, 0.2) is 30.3 Å². The van der Waals surface area contributed by atoms with Crippen molar-refractivity contribution in [3.8, 4) is 0 Å². The van der Waals surface area contributed by atoms with E-state index < -0.39 is 6.09 Å². The van der Waals surface area contributed by atoms with E-state index in [0.29, 0.717) is 152 Å². The average Bonchev–Trinajstić information content (AvgIpc) is 3.11. The summed E-state index contributed by atoms with van der Waals surface area (Å²) < 4.78 is 65.2. The first-order chi connectivity index (χ1) is 24.2. The monoisotopic (exact) mass is 706 g/mol. The van der Waals surface area contributed by atoms with Gasteiger partial charge in [-0.05, 0) is 19.7 Å². The summed E-state index contributed by atoms with van der Waals surface area (Å²) in [7, 11) is 4.04. The molecule has 0 bridgehead atoms. The van der Waals surface area contributed by atoms with E-state index in [0.717, 1.165) is 12.1 Å². The van der Waals surface area contributed by atoms with Crippen molar-refractivity contribution in [2.45, 2.75) is 6.61 Å². The van der Waals surface area contributed by atoms with Crippen molar-refractivity contribution in [2.24, 2.45) is 0 Å². The standard InChI is InChI=1S/C34H62N2O13/c1-36(2)9-11-39-13-15-41-17-19-43-21-23-45-25-27-47-29-31-48-30-28-46-26-24-44-22-20-42-18-16-40-14-12-38-10-8-35-34(37)49-32-33-6-4-3-5-7-33/h3-7H,8-32H2,1-2H3,(H,35,37). The molecule has 49 heavy (non-hydrogen) atoms. The maximum Gasteiger partial charge on any atom is 0.407 e. The van der Waals surface area contributed by atoms with E-state index in [1.54, 1.807) is 0 Å². The van der Waals surface area contributed by atoms with Gasteiger partial charge in [0.1, 0.15) is 6.61 Å². The van der Waals surface area contributed by atoms with Gasteiger partial charge in [0, 0.05) is 13.1 Å². The van der Waals surface area contributed by atoms with E-state index in [1.807, 2.05) is 44.4 Å². The quantitative estimate of drug-likeness (QED) is 0.0996. The van der Waals surface area contributed by atoms with Gasteiger partial charge in [-0.2, -0.15) is 0 Å². The number of nitrogens with one attached hydrogen (secondary N) is 1. The molecule has 1 rings (SSSR count). The maximum absolute atomic E-state index is 11.6. The zero-order valence-electron chi connectivity index (χ0n) is 29.8. The molecule has 0 heterocycles. The number of carbonyl (C=O) groups excluding carboxylic acids is 1. The molecule has 0 unspecified atom stereocenters. The molecule has 15 heteroatoms. The van der Waals surface area contributed by atoms with Gasteiger partial charge < -0.3 is 67.1 Å². The summed E-state index contributed by atoms with van der Waals surface area (Å²) in [5, 5.41) is 2.64. The smallest absolute Gasteiger partial charge is 0.407 e. The predicted molar refractivity (Wildman–Crippen MR) is 182 cm³/mol. The van der Waals surface area contributed by atoms with Gasteiger partial charge >= 0.3 is 6.09 Å². The molecule has 1 aromatic rings. The Labute approximate surface area is 292 Å². The van der Waals surface area contributed by atoms with Crippen LogP contribution in [0, 0.1) is 0 Å². The van der Waals surface area contributed by atoms with Crippen molar-refractivity contribution in [3.63, 3.8) is 0 Å². The third kappa shape index (κ3) is 35.6. The summed E-state index contributed by atoms with van der Waals surface area (Å²) in [6.45, 7) is 12.7. The summed E-state index contributed by atoms with van der Waals surface area (Å²) in [5.74, 6) is 0. The van der Waals surface area contributed by atoms with Crippen LogP contribution in [0.2, 0.25) is 0 Å². The Kier molecular flexibility index (Phi) is 34.3. The van der Waals surface area contributed by atoms with Crippen LogP contribution < -0.4 is 5.32 Å². The van der Waals surface area contributed by atoms with Gasteiger partial charge in [-0.25, -0.2) is 4.79 Å². The molecule has 0 aliphatic heterocycles. The van der Waals surface area contributed by atoms with Crippen LogP contribution in [0.25, 0.3) is 0 Å². The molecule has 0 aliphatic carbocycles. The summed E-state index contributed by atoms with van der Waals surface area (Å²) in [6, 6.07) is 9.51. The molecule has 0 aromatic heterocycles. The van der Waals surface area contributed by atoms with E-state index in [9.17, 15) is 4.79 Å². The van der Waals surface area contributed by atoms with E-state index in [4.69, 9.17) is 56.8 Å². The first-order valence-electron chi connectivity index (χ1n) is 17.1. The molecule has 0 radical (unpaired) electrons. The highest BCUT2D eigenvalue weighted by atomic mass is 16.6. The molecule has 0 aliphatic rings. The summed E-state index contributed by atoms with van der Waals surface area (Å²) >= 11 is 0. The lowest BCUT2D eigenvalue weighted by molar-refractivity contribution is -0.0275. The highest BCUT2D eigenvalue weighted by molar-refractivity contribution is 5.67. The van der Waals surface area contributed by atoms with Crippen LogP contribution in [0.1, 0.15) is 5.56 Å². The van der Waals surface area contributed by atoms with Crippen LogP contribution in [0.4, 0.5) is 4.79 Å². The van der Waals surface area contributed by atoms with Gasteiger partial charge in [-0.15, -0.1) is 0 Å². The maximum atomic E-state index is 11.6. The van der Waals surface area contributed by atoms with Gasteiger partial charge in [-0.1, -0.05) is 30.3 Å². The lowest BCUT2D eigenvalue weighted by Gasteiger charge is -2.10. The molecule has 0 atom stereocenters. The van der Waals surface area contributed by atoms with E-state index in [1.165, 1.54) is 0 Å². The minimum absolute atomic E-state index is 0.238. The number of carbonyl (C=O) groups is 1. The second-order valence-corrected chi connectivity index (χ2v) is 10.5. The number of benzene rings is 1. The molecule has 286 valence electrons. The Morgan fingerprint density at radius 3 is 1.10 bits per heavy atom. The molecule has 0 saturated heterocycles. The topological polar surface area (TPSA) is 143 Å². The predicted octanol–water partition coefficient (Wildman–Crippen LogP) is 1.66. The van der Waals surface area contributed by atoms with Gasteiger partial charge in [-0.3, -0.25) is 0 Å². The van der Waals surface area contributed by atoms with Crippen molar-refractivity contribution in [1.29, 1.82) is 0 Å². The van der Waals surface area contributed by atoms with Crippen LogP contribution in [0.3, 0.4) is 0 Å². The first-order valence-corrected chi connectivity index (χ1v) is 17.1. The molecule has 15 nitrogen and oxygen atoms in total. The lowest BCUT2D eigenvalue weighted by Crippen LogP contribution is -2.28. The zero-order valence-corrected chi connectivity index (χ0v) is 29.8. The minimum atomic E-state index is -0.469. The normalized spacial score (nSPS) is 11.4. The number of amides is 1. The van der Waals surface area contributed by atoms with E-state index in [2.05, 4.69) is 10.2 Å². The van der Waals surface area contributed by atoms with E-state index in [-0.39, 0.29) is 6.61 Å². The second kappa shape index (κ2) is 37.3. The first kappa shape index (κ1) is 45.0. The van der Waals surface area contributed by atoms with Crippen LogP contribution >= 0.6 is 0 Å². The highest BCUT2D eigenvalue weighted by Crippen LogP contribution is 2.00.